The van der Waals surface area contributed by atoms with E-state index in [1.54, 1.807) is 25.5 Å². The number of benzene rings is 2. The molecule has 0 saturated carbocycles. The molecule has 0 atom stereocenters. The summed E-state index contributed by atoms with van der Waals surface area (Å²) in [6.45, 7) is 6.10. The van der Waals surface area contributed by atoms with E-state index >= 15 is 0 Å². The molecule has 0 aliphatic rings. The standard InChI is InChI=1S/C22H21BrIN3O3/c1-4-6-20-26-18-8-7-15(23)12-16(18)22(28)27(20)25-13-14-10-17(24)21(30-9-5-2)19(11-14)29-3/h5,7-8,10-13H,2,4,6,9H2,1,3H3. The molecule has 3 aromatic rings. The number of aryl methyl sites for hydroxylation is 1. The molecule has 0 unspecified atom stereocenters. The second-order valence-corrected chi connectivity index (χ2v) is 8.51. The number of aromatic nitrogens is 2. The number of hydrogen-bond acceptors (Lipinski definition) is 5. The van der Waals surface area contributed by atoms with Crippen LogP contribution in [0.15, 0.2) is 57.4 Å². The smallest absolute Gasteiger partial charge is 0.282 e. The first-order chi connectivity index (χ1) is 14.5. The van der Waals surface area contributed by atoms with Crippen LogP contribution in [0.2, 0.25) is 0 Å². The summed E-state index contributed by atoms with van der Waals surface area (Å²) in [5.41, 5.74) is 1.25. The van der Waals surface area contributed by atoms with Gasteiger partial charge in [-0.1, -0.05) is 35.5 Å². The molecule has 1 aromatic heterocycles. The van der Waals surface area contributed by atoms with Crippen molar-refractivity contribution in [3.05, 3.63) is 72.8 Å². The Morgan fingerprint density at radius 1 is 1.33 bits per heavy atom. The van der Waals surface area contributed by atoms with Crippen LogP contribution in [0, 0.1) is 3.57 Å². The molecular weight excluding hydrogens is 561 g/mol. The lowest BCUT2D eigenvalue weighted by atomic mass is 10.2. The zero-order valence-electron chi connectivity index (χ0n) is 16.7. The van der Waals surface area contributed by atoms with Crippen molar-refractivity contribution in [3.8, 4) is 11.5 Å². The van der Waals surface area contributed by atoms with Gasteiger partial charge in [0.2, 0.25) is 0 Å². The molecule has 0 aliphatic heterocycles. The predicted octanol–water partition coefficient (Wildman–Crippen LogP) is 5.17. The van der Waals surface area contributed by atoms with E-state index in [1.807, 2.05) is 31.2 Å². The van der Waals surface area contributed by atoms with E-state index in [0.717, 1.165) is 20.0 Å². The first kappa shape index (κ1) is 22.5. The normalized spacial score (nSPS) is 11.2. The van der Waals surface area contributed by atoms with Gasteiger partial charge in [-0.25, -0.2) is 4.98 Å². The number of nitrogens with zero attached hydrogens (tertiary/aromatic N) is 3. The molecule has 0 N–H and O–H groups in total. The Morgan fingerprint density at radius 3 is 2.83 bits per heavy atom. The van der Waals surface area contributed by atoms with Crippen LogP contribution >= 0.6 is 38.5 Å². The summed E-state index contributed by atoms with van der Waals surface area (Å²) >= 11 is 5.60. The molecule has 156 valence electrons. The van der Waals surface area contributed by atoms with Gasteiger partial charge in [-0.2, -0.15) is 9.78 Å². The topological polar surface area (TPSA) is 65.7 Å². The van der Waals surface area contributed by atoms with Gasteiger partial charge in [-0.05, 0) is 64.9 Å². The summed E-state index contributed by atoms with van der Waals surface area (Å²) < 4.78 is 14.2. The fraction of sp³-hybridized carbons (Fsp3) is 0.227. The van der Waals surface area contributed by atoms with Gasteiger partial charge in [-0.3, -0.25) is 4.79 Å². The molecule has 2 aromatic carbocycles. The molecule has 8 heteroatoms. The van der Waals surface area contributed by atoms with Gasteiger partial charge >= 0.3 is 0 Å². The van der Waals surface area contributed by atoms with Crippen molar-refractivity contribution in [3.63, 3.8) is 0 Å². The Bertz CT molecular complexity index is 1170. The van der Waals surface area contributed by atoms with Crippen LogP contribution in [-0.4, -0.2) is 29.6 Å². The van der Waals surface area contributed by atoms with Crippen LogP contribution in [0.5, 0.6) is 11.5 Å². The lowest BCUT2D eigenvalue weighted by Crippen LogP contribution is -2.22. The number of hydrogen-bond donors (Lipinski definition) is 0. The van der Waals surface area contributed by atoms with Crippen LogP contribution in [0.1, 0.15) is 24.7 Å². The monoisotopic (exact) mass is 581 g/mol. The highest BCUT2D eigenvalue weighted by atomic mass is 127. The third-order valence-electron chi connectivity index (χ3n) is 4.27. The maximum atomic E-state index is 13.1. The first-order valence-corrected chi connectivity index (χ1v) is 11.2. The fourth-order valence-corrected chi connectivity index (χ4v) is 4.06. The number of fused-ring (bicyclic) bond motifs is 1. The van der Waals surface area contributed by atoms with Gasteiger partial charge in [0.15, 0.2) is 11.5 Å². The lowest BCUT2D eigenvalue weighted by molar-refractivity contribution is 0.324. The van der Waals surface area contributed by atoms with Crippen molar-refractivity contribution in [1.29, 1.82) is 0 Å². The first-order valence-electron chi connectivity index (χ1n) is 9.35. The average molecular weight is 582 g/mol. The highest BCUT2D eigenvalue weighted by Crippen LogP contribution is 2.33. The highest BCUT2D eigenvalue weighted by molar-refractivity contribution is 14.1. The largest absolute Gasteiger partial charge is 0.493 e. The number of ether oxygens (including phenoxy) is 2. The van der Waals surface area contributed by atoms with Crippen LogP contribution in [0.4, 0.5) is 0 Å². The van der Waals surface area contributed by atoms with E-state index in [2.05, 4.69) is 55.2 Å². The third kappa shape index (κ3) is 4.92. The summed E-state index contributed by atoms with van der Waals surface area (Å²) in [5, 5.41) is 4.98. The summed E-state index contributed by atoms with van der Waals surface area (Å²) in [6, 6.07) is 9.22. The molecule has 0 fully saturated rings. The van der Waals surface area contributed by atoms with Crippen LogP contribution < -0.4 is 15.0 Å². The van der Waals surface area contributed by atoms with E-state index in [9.17, 15) is 4.79 Å². The Morgan fingerprint density at radius 2 is 2.13 bits per heavy atom. The SMILES string of the molecule is C=CCOc1c(I)cc(C=Nn2c(CCC)nc3ccc(Br)cc3c2=O)cc1OC. The molecular formula is C22H21BrIN3O3. The van der Waals surface area contributed by atoms with Gasteiger partial charge in [0.25, 0.3) is 5.56 Å². The van der Waals surface area contributed by atoms with Crippen molar-refractivity contribution < 1.29 is 9.47 Å². The van der Waals surface area contributed by atoms with Crippen LogP contribution in [0.25, 0.3) is 10.9 Å². The van der Waals surface area contributed by atoms with E-state index in [-0.39, 0.29) is 5.56 Å². The van der Waals surface area contributed by atoms with Crippen LogP contribution in [0.3, 0.4) is 0 Å². The quantitative estimate of drug-likeness (QED) is 0.209. The second-order valence-electron chi connectivity index (χ2n) is 6.43. The molecule has 1 heterocycles. The maximum Gasteiger partial charge on any atom is 0.282 e. The Balaban J connectivity index is 2.08. The van der Waals surface area contributed by atoms with Crippen LogP contribution in [-0.2, 0) is 6.42 Å². The zero-order valence-corrected chi connectivity index (χ0v) is 20.4. The van der Waals surface area contributed by atoms with E-state index in [4.69, 9.17) is 9.47 Å². The minimum atomic E-state index is -0.200. The molecule has 0 radical (unpaired) electrons. The fourth-order valence-electron chi connectivity index (χ4n) is 2.92. The Hall–Kier alpha value is -2.20. The highest BCUT2D eigenvalue weighted by Gasteiger charge is 2.12. The van der Waals surface area contributed by atoms with Crippen molar-refractivity contribution in [2.45, 2.75) is 19.8 Å². The third-order valence-corrected chi connectivity index (χ3v) is 5.56. The summed E-state index contributed by atoms with van der Waals surface area (Å²) in [7, 11) is 1.59. The number of rotatable bonds is 8. The number of methoxy groups -OCH3 is 1. The molecule has 6 nitrogen and oxygen atoms in total. The minimum Gasteiger partial charge on any atom is -0.493 e. The molecule has 3 rings (SSSR count). The van der Waals surface area contributed by atoms with Crippen molar-refractivity contribution >= 4 is 55.6 Å². The summed E-state index contributed by atoms with van der Waals surface area (Å²) in [5.74, 6) is 1.87. The molecule has 30 heavy (non-hydrogen) atoms. The zero-order chi connectivity index (χ0) is 21.7. The van der Waals surface area contributed by atoms with Crippen molar-refractivity contribution in [1.82, 2.24) is 9.66 Å². The predicted molar refractivity (Wildman–Crippen MR) is 132 cm³/mol. The Labute approximate surface area is 196 Å². The average Bonchev–Trinajstić information content (AvgIpc) is 2.73. The van der Waals surface area contributed by atoms with Gasteiger partial charge in [0, 0.05) is 10.9 Å². The van der Waals surface area contributed by atoms with E-state index in [0.29, 0.717) is 41.3 Å². The molecule has 0 bridgehead atoms. The van der Waals surface area contributed by atoms with Gasteiger partial charge < -0.3 is 9.47 Å². The van der Waals surface area contributed by atoms with Crippen molar-refractivity contribution in [2.75, 3.05) is 13.7 Å². The molecule has 0 amide bonds. The Kier molecular flexibility index (Phi) is 7.65. The van der Waals surface area contributed by atoms with Gasteiger partial charge in [0.05, 0.1) is 27.8 Å². The lowest BCUT2D eigenvalue weighted by Gasteiger charge is -2.12. The number of halogens is 2. The molecule has 0 aliphatic carbocycles. The minimum absolute atomic E-state index is 0.200. The van der Waals surface area contributed by atoms with Gasteiger partial charge in [0.1, 0.15) is 12.4 Å². The second kappa shape index (κ2) is 10.2. The van der Waals surface area contributed by atoms with Crippen molar-refractivity contribution in [2.24, 2.45) is 5.10 Å². The summed E-state index contributed by atoms with van der Waals surface area (Å²) in [6.07, 6.45) is 4.81. The summed E-state index contributed by atoms with van der Waals surface area (Å²) in [4.78, 5) is 17.7. The molecule has 0 saturated heterocycles. The molecule has 0 spiro atoms. The maximum absolute atomic E-state index is 13.1. The van der Waals surface area contributed by atoms with Gasteiger partial charge in [-0.15, -0.1) is 0 Å². The van der Waals surface area contributed by atoms with E-state index < -0.39 is 0 Å². The van der Waals surface area contributed by atoms with E-state index in [1.165, 1.54) is 4.68 Å².